The molecule has 0 atom stereocenters. The quantitative estimate of drug-likeness (QED) is 0.443. The Morgan fingerprint density at radius 2 is 1.73 bits per heavy atom. The van der Waals surface area contributed by atoms with Crippen molar-refractivity contribution in [2.45, 2.75) is 24.9 Å². The van der Waals surface area contributed by atoms with E-state index < -0.39 is 11.7 Å². The van der Waals surface area contributed by atoms with Gasteiger partial charge in [-0.15, -0.1) is 0 Å². The van der Waals surface area contributed by atoms with Crippen molar-refractivity contribution in [1.29, 1.82) is 0 Å². The van der Waals surface area contributed by atoms with E-state index in [-0.39, 0.29) is 11.7 Å². The molecule has 2 aromatic heterocycles. The first kappa shape index (κ1) is 18.5. The lowest BCUT2D eigenvalue weighted by Crippen LogP contribution is -2.06. The van der Waals surface area contributed by atoms with Crippen LogP contribution >= 0.6 is 0 Å². The lowest BCUT2D eigenvalue weighted by Gasteiger charge is -2.11. The van der Waals surface area contributed by atoms with Gasteiger partial charge in [-0.3, -0.25) is 9.55 Å². The van der Waals surface area contributed by atoms with Gasteiger partial charge in [0.1, 0.15) is 11.6 Å². The van der Waals surface area contributed by atoms with Gasteiger partial charge in [0.25, 0.3) is 0 Å². The number of aromatic nitrogens is 4. The van der Waals surface area contributed by atoms with Crippen molar-refractivity contribution in [3.8, 4) is 5.82 Å². The van der Waals surface area contributed by atoms with E-state index in [4.69, 9.17) is 0 Å². The maximum Gasteiger partial charge on any atom is 0.416 e. The van der Waals surface area contributed by atoms with Crippen LogP contribution in [0.15, 0.2) is 54.9 Å². The van der Waals surface area contributed by atoms with E-state index in [1.165, 1.54) is 30.5 Å². The van der Waals surface area contributed by atoms with Crippen LogP contribution in [0.5, 0.6) is 0 Å². The predicted octanol–water partition coefficient (Wildman–Crippen LogP) is 5.59. The number of nitrogens with zero attached hydrogens (tertiary/aromatic N) is 4. The van der Waals surface area contributed by atoms with Crippen LogP contribution in [0.2, 0.25) is 0 Å². The Bertz CT molecular complexity index is 1230. The van der Waals surface area contributed by atoms with Crippen LogP contribution in [-0.2, 0) is 6.18 Å². The molecule has 2 heterocycles. The number of halogens is 4. The minimum absolute atomic E-state index is 0.286. The fourth-order valence-corrected chi connectivity index (χ4v) is 3.34. The minimum atomic E-state index is -4.39. The summed E-state index contributed by atoms with van der Waals surface area (Å²) >= 11 is 0. The molecule has 5 nitrogen and oxygen atoms in total. The van der Waals surface area contributed by atoms with Gasteiger partial charge < -0.3 is 5.32 Å². The number of imidazole rings is 1. The number of rotatable bonds is 4. The molecule has 1 fully saturated rings. The van der Waals surface area contributed by atoms with Crippen molar-refractivity contribution >= 4 is 22.5 Å². The van der Waals surface area contributed by atoms with Gasteiger partial charge in [0.15, 0.2) is 11.6 Å². The molecule has 2 aromatic carbocycles. The molecule has 9 heteroatoms. The van der Waals surface area contributed by atoms with Crippen LogP contribution in [-0.4, -0.2) is 19.5 Å². The van der Waals surface area contributed by atoms with Gasteiger partial charge in [0.05, 0.1) is 29.0 Å². The second kappa shape index (κ2) is 6.79. The molecule has 1 aliphatic rings. The average molecular weight is 413 g/mol. The highest BCUT2D eigenvalue weighted by molar-refractivity contribution is 5.78. The fraction of sp³-hybridized carbons (Fsp3) is 0.190. The number of fused-ring (bicyclic) bond motifs is 1. The predicted molar refractivity (Wildman–Crippen MR) is 103 cm³/mol. The van der Waals surface area contributed by atoms with Crippen LogP contribution in [0.1, 0.15) is 30.1 Å². The van der Waals surface area contributed by atoms with E-state index in [9.17, 15) is 17.6 Å². The zero-order valence-electron chi connectivity index (χ0n) is 15.5. The van der Waals surface area contributed by atoms with E-state index in [2.05, 4.69) is 20.3 Å². The molecule has 1 N–H and O–H groups in total. The zero-order valence-corrected chi connectivity index (χ0v) is 15.5. The highest BCUT2D eigenvalue weighted by Gasteiger charge is 2.31. The summed E-state index contributed by atoms with van der Waals surface area (Å²) in [6.07, 6.45) is 0.633. The maximum absolute atomic E-state index is 13.9. The number of alkyl halides is 3. The molecule has 0 bridgehead atoms. The normalized spacial score (nSPS) is 14.3. The van der Waals surface area contributed by atoms with Crippen LogP contribution in [0.25, 0.3) is 16.9 Å². The maximum atomic E-state index is 13.9. The number of anilines is 2. The average Bonchev–Trinajstić information content (AvgIpc) is 3.49. The summed E-state index contributed by atoms with van der Waals surface area (Å²) in [6.45, 7) is 0. The summed E-state index contributed by atoms with van der Waals surface area (Å²) < 4.78 is 53.9. The highest BCUT2D eigenvalue weighted by atomic mass is 19.4. The van der Waals surface area contributed by atoms with Gasteiger partial charge in [-0.25, -0.2) is 14.4 Å². The molecule has 0 spiro atoms. The topological polar surface area (TPSA) is 55.6 Å². The standard InChI is InChI=1S/C21H15F4N5/c22-14-5-8-16-17(9-14)30(20(28-16)12-1-2-12)19-11-26-10-18(29-19)27-15-6-3-13(4-7-15)21(23,24)25/h3-12H,1-2H2,(H,27,29). The van der Waals surface area contributed by atoms with E-state index in [1.54, 1.807) is 16.8 Å². The van der Waals surface area contributed by atoms with E-state index in [1.807, 2.05) is 0 Å². The van der Waals surface area contributed by atoms with Gasteiger partial charge in [0, 0.05) is 17.7 Å². The highest BCUT2D eigenvalue weighted by Crippen LogP contribution is 2.41. The van der Waals surface area contributed by atoms with Gasteiger partial charge >= 0.3 is 6.18 Å². The molecule has 0 aliphatic heterocycles. The molecule has 5 rings (SSSR count). The molecule has 0 radical (unpaired) electrons. The Balaban J connectivity index is 1.51. The Kier molecular flexibility index (Phi) is 4.19. The Labute approximate surface area is 168 Å². The first-order valence-electron chi connectivity index (χ1n) is 9.33. The lowest BCUT2D eigenvalue weighted by molar-refractivity contribution is -0.137. The molecular weight excluding hydrogens is 398 g/mol. The smallest absolute Gasteiger partial charge is 0.339 e. The van der Waals surface area contributed by atoms with Crippen molar-refractivity contribution in [3.05, 3.63) is 72.1 Å². The summed E-state index contributed by atoms with van der Waals surface area (Å²) in [7, 11) is 0. The molecule has 152 valence electrons. The summed E-state index contributed by atoms with van der Waals surface area (Å²) in [6, 6.07) is 9.05. The van der Waals surface area contributed by atoms with Crippen molar-refractivity contribution in [2.24, 2.45) is 0 Å². The van der Waals surface area contributed by atoms with E-state index in [0.717, 1.165) is 30.8 Å². The van der Waals surface area contributed by atoms with Crippen molar-refractivity contribution in [2.75, 3.05) is 5.32 Å². The SMILES string of the molecule is Fc1ccc2nc(C3CC3)n(-c3cncc(Nc4ccc(C(F)(F)F)cc4)n3)c2c1. The monoisotopic (exact) mass is 413 g/mol. The van der Waals surface area contributed by atoms with Crippen molar-refractivity contribution in [1.82, 2.24) is 19.5 Å². The zero-order chi connectivity index (χ0) is 20.9. The number of hydrogen-bond donors (Lipinski definition) is 1. The van der Waals surface area contributed by atoms with Crippen molar-refractivity contribution in [3.63, 3.8) is 0 Å². The van der Waals surface area contributed by atoms with Crippen LogP contribution < -0.4 is 5.32 Å². The second-order valence-corrected chi connectivity index (χ2v) is 7.18. The minimum Gasteiger partial charge on any atom is -0.339 e. The number of benzene rings is 2. The summed E-state index contributed by atoms with van der Waals surface area (Å²) in [5.41, 5.74) is 0.978. The summed E-state index contributed by atoms with van der Waals surface area (Å²) in [5.74, 6) is 1.53. The lowest BCUT2D eigenvalue weighted by atomic mass is 10.2. The first-order valence-corrected chi connectivity index (χ1v) is 9.33. The van der Waals surface area contributed by atoms with Crippen LogP contribution in [0, 0.1) is 5.82 Å². The molecule has 30 heavy (non-hydrogen) atoms. The van der Waals surface area contributed by atoms with E-state index in [0.29, 0.717) is 28.4 Å². The molecule has 0 amide bonds. The Hall–Kier alpha value is -3.49. The van der Waals surface area contributed by atoms with Gasteiger partial charge in [-0.2, -0.15) is 13.2 Å². The third-order valence-corrected chi connectivity index (χ3v) is 4.92. The largest absolute Gasteiger partial charge is 0.416 e. The van der Waals surface area contributed by atoms with Gasteiger partial charge in [0.2, 0.25) is 0 Å². The Morgan fingerprint density at radius 3 is 2.43 bits per heavy atom. The first-order chi connectivity index (χ1) is 14.4. The third-order valence-electron chi connectivity index (χ3n) is 4.92. The van der Waals surface area contributed by atoms with Gasteiger partial charge in [-0.05, 0) is 49.2 Å². The molecule has 1 saturated carbocycles. The van der Waals surface area contributed by atoms with Crippen molar-refractivity contribution < 1.29 is 17.6 Å². The van der Waals surface area contributed by atoms with E-state index >= 15 is 0 Å². The molecule has 0 saturated heterocycles. The van der Waals surface area contributed by atoms with Gasteiger partial charge in [-0.1, -0.05) is 0 Å². The third kappa shape index (κ3) is 3.47. The van der Waals surface area contributed by atoms with Crippen LogP contribution in [0.4, 0.5) is 29.1 Å². The molecule has 4 aromatic rings. The number of hydrogen-bond acceptors (Lipinski definition) is 4. The molecular formula is C21H15F4N5. The summed E-state index contributed by atoms with van der Waals surface area (Å²) in [4.78, 5) is 13.4. The second-order valence-electron chi connectivity index (χ2n) is 7.18. The van der Waals surface area contributed by atoms with Crippen LogP contribution in [0.3, 0.4) is 0 Å². The molecule has 0 unspecified atom stereocenters. The number of nitrogens with one attached hydrogen (secondary N) is 1. The molecule has 1 aliphatic carbocycles. The fourth-order valence-electron chi connectivity index (χ4n) is 3.34. The Morgan fingerprint density at radius 1 is 0.967 bits per heavy atom. The summed E-state index contributed by atoms with van der Waals surface area (Å²) in [5, 5.41) is 2.96.